The third-order valence-corrected chi connectivity index (χ3v) is 4.91. The standard InChI is InChI=1S/C20H21N3OS/c1-15-20(16(2)23(22-15)17-9-5-3-6-10-17)21-19(24)13-14-25-18-11-7-4-8-12-18/h3-12H,13-14H2,1-2H3,(H,21,24). The van der Waals surface area contributed by atoms with E-state index in [1.165, 1.54) is 4.90 Å². The molecule has 0 radical (unpaired) electrons. The van der Waals surface area contributed by atoms with Gasteiger partial charge in [-0.2, -0.15) is 5.10 Å². The molecule has 0 spiro atoms. The average molecular weight is 351 g/mol. The highest BCUT2D eigenvalue weighted by Crippen LogP contribution is 2.23. The topological polar surface area (TPSA) is 46.9 Å². The number of anilines is 1. The molecule has 0 bridgehead atoms. The highest BCUT2D eigenvalue weighted by Gasteiger charge is 2.15. The third kappa shape index (κ3) is 4.31. The zero-order valence-electron chi connectivity index (χ0n) is 14.4. The van der Waals surface area contributed by atoms with E-state index in [9.17, 15) is 4.79 Å². The van der Waals surface area contributed by atoms with Crippen molar-refractivity contribution >= 4 is 23.4 Å². The van der Waals surface area contributed by atoms with Crippen LogP contribution < -0.4 is 5.32 Å². The van der Waals surface area contributed by atoms with E-state index in [4.69, 9.17) is 0 Å². The molecule has 0 saturated carbocycles. The first-order valence-corrected chi connectivity index (χ1v) is 9.23. The van der Waals surface area contributed by atoms with Gasteiger partial charge in [-0.15, -0.1) is 11.8 Å². The second-order valence-electron chi connectivity index (χ2n) is 5.75. The molecular weight excluding hydrogens is 330 g/mol. The van der Waals surface area contributed by atoms with Crippen LogP contribution in [-0.4, -0.2) is 21.4 Å². The van der Waals surface area contributed by atoms with Crippen molar-refractivity contribution in [2.75, 3.05) is 11.1 Å². The van der Waals surface area contributed by atoms with Crippen molar-refractivity contribution in [3.63, 3.8) is 0 Å². The minimum atomic E-state index is 0.0160. The number of carbonyl (C=O) groups is 1. The summed E-state index contributed by atoms with van der Waals surface area (Å²) in [6.45, 7) is 3.89. The number of aryl methyl sites for hydroxylation is 1. The Morgan fingerprint density at radius 3 is 2.36 bits per heavy atom. The van der Waals surface area contributed by atoms with Crippen molar-refractivity contribution in [2.45, 2.75) is 25.2 Å². The fraction of sp³-hybridized carbons (Fsp3) is 0.200. The molecule has 3 aromatic rings. The molecule has 0 aliphatic carbocycles. The molecule has 3 rings (SSSR count). The summed E-state index contributed by atoms with van der Waals surface area (Å²) in [6.07, 6.45) is 0.467. The van der Waals surface area contributed by atoms with Crippen LogP contribution in [0.15, 0.2) is 65.6 Å². The minimum Gasteiger partial charge on any atom is -0.323 e. The predicted octanol–water partition coefficient (Wildman–Crippen LogP) is 4.61. The van der Waals surface area contributed by atoms with Crippen LogP contribution in [0.25, 0.3) is 5.69 Å². The number of nitrogens with zero attached hydrogens (tertiary/aromatic N) is 2. The van der Waals surface area contributed by atoms with Crippen molar-refractivity contribution in [1.82, 2.24) is 9.78 Å². The number of nitrogens with one attached hydrogen (secondary N) is 1. The summed E-state index contributed by atoms with van der Waals surface area (Å²) >= 11 is 1.69. The van der Waals surface area contributed by atoms with E-state index in [1.807, 2.05) is 67.1 Å². The summed E-state index contributed by atoms with van der Waals surface area (Å²) < 4.78 is 1.86. The van der Waals surface area contributed by atoms with Gasteiger partial charge in [-0.05, 0) is 38.1 Å². The maximum atomic E-state index is 12.3. The monoisotopic (exact) mass is 351 g/mol. The normalized spacial score (nSPS) is 10.6. The zero-order chi connectivity index (χ0) is 17.6. The van der Waals surface area contributed by atoms with Gasteiger partial charge in [0.15, 0.2) is 0 Å². The first kappa shape index (κ1) is 17.3. The highest BCUT2D eigenvalue weighted by atomic mass is 32.2. The lowest BCUT2D eigenvalue weighted by Gasteiger charge is -2.07. The first-order chi connectivity index (χ1) is 12.1. The Balaban J connectivity index is 1.63. The Kier molecular flexibility index (Phi) is 5.56. The Labute approximate surface area is 152 Å². The van der Waals surface area contributed by atoms with E-state index in [2.05, 4.69) is 22.5 Å². The van der Waals surface area contributed by atoms with Crippen LogP contribution >= 0.6 is 11.8 Å². The van der Waals surface area contributed by atoms with E-state index in [-0.39, 0.29) is 5.91 Å². The van der Waals surface area contributed by atoms with Gasteiger partial charge in [-0.25, -0.2) is 4.68 Å². The number of hydrogen-bond donors (Lipinski definition) is 1. The number of thioether (sulfide) groups is 1. The SMILES string of the molecule is Cc1nn(-c2ccccc2)c(C)c1NC(=O)CCSc1ccccc1. The van der Waals surface area contributed by atoms with Crippen LogP contribution in [-0.2, 0) is 4.79 Å². The number of amides is 1. The molecule has 0 saturated heterocycles. The molecule has 5 heteroatoms. The zero-order valence-corrected chi connectivity index (χ0v) is 15.2. The maximum absolute atomic E-state index is 12.3. The number of carbonyl (C=O) groups excluding carboxylic acids is 1. The quantitative estimate of drug-likeness (QED) is 0.660. The molecule has 1 heterocycles. The Hall–Kier alpha value is -2.53. The highest BCUT2D eigenvalue weighted by molar-refractivity contribution is 7.99. The van der Waals surface area contributed by atoms with E-state index in [0.717, 1.165) is 28.5 Å². The van der Waals surface area contributed by atoms with E-state index >= 15 is 0 Å². The van der Waals surface area contributed by atoms with Gasteiger partial charge in [0.2, 0.25) is 5.91 Å². The Morgan fingerprint density at radius 1 is 1.04 bits per heavy atom. The van der Waals surface area contributed by atoms with Crippen LogP contribution in [0.1, 0.15) is 17.8 Å². The van der Waals surface area contributed by atoms with Crippen molar-refractivity contribution in [3.8, 4) is 5.69 Å². The lowest BCUT2D eigenvalue weighted by atomic mass is 10.3. The van der Waals surface area contributed by atoms with E-state index in [1.54, 1.807) is 11.8 Å². The van der Waals surface area contributed by atoms with Crippen molar-refractivity contribution < 1.29 is 4.79 Å². The van der Waals surface area contributed by atoms with Crippen LogP contribution in [0.2, 0.25) is 0 Å². The molecule has 25 heavy (non-hydrogen) atoms. The lowest BCUT2D eigenvalue weighted by Crippen LogP contribution is -2.13. The molecule has 0 aliphatic heterocycles. The molecule has 1 aromatic heterocycles. The van der Waals surface area contributed by atoms with Crippen LogP contribution in [0.4, 0.5) is 5.69 Å². The summed E-state index contributed by atoms with van der Waals surface area (Å²) in [5.41, 5.74) is 3.56. The van der Waals surface area contributed by atoms with Gasteiger partial charge < -0.3 is 5.32 Å². The molecule has 0 unspecified atom stereocenters. The number of aromatic nitrogens is 2. The van der Waals surface area contributed by atoms with Crippen LogP contribution in [0.5, 0.6) is 0 Å². The molecule has 4 nitrogen and oxygen atoms in total. The van der Waals surface area contributed by atoms with Gasteiger partial charge >= 0.3 is 0 Å². The number of benzene rings is 2. The predicted molar refractivity (Wildman–Crippen MR) is 103 cm³/mol. The van der Waals surface area contributed by atoms with Gasteiger partial charge in [0.25, 0.3) is 0 Å². The van der Waals surface area contributed by atoms with Crippen molar-refractivity contribution in [2.24, 2.45) is 0 Å². The van der Waals surface area contributed by atoms with Crippen LogP contribution in [0, 0.1) is 13.8 Å². The molecular formula is C20H21N3OS. The molecule has 2 aromatic carbocycles. The second-order valence-corrected chi connectivity index (χ2v) is 6.92. The van der Waals surface area contributed by atoms with E-state index < -0.39 is 0 Å². The van der Waals surface area contributed by atoms with Gasteiger partial charge in [-0.3, -0.25) is 4.79 Å². The van der Waals surface area contributed by atoms with Crippen LogP contribution in [0.3, 0.4) is 0 Å². The maximum Gasteiger partial charge on any atom is 0.225 e. The summed E-state index contributed by atoms with van der Waals surface area (Å²) in [4.78, 5) is 13.5. The summed E-state index contributed by atoms with van der Waals surface area (Å²) in [5, 5.41) is 7.58. The van der Waals surface area contributed by atoms with Crippen molar-refractivity contribution in [3.05, 3.63) is 72.1 Å². The smallest absolute Gasteiger partial charge is 0.225 e. The molecule has 1 amide bonds. The number of rotatable bonds is 6. The largest absolute Gasteiger partial charge is 0.323 e. The van der Waals surface area contributed by atoms with Crippen molar-refractivity contribution in [1.29, 1.82) is 0 Å². The third-order valence-electron chi connectivity index (χ3n) is 3.90. The number of para-hydroxylation sites is 1. The molecule has 128 valence electrons. The second kappa shape index (κ2) is 8.03. The van der Waals surface area contributed by atoms with E-state index in [0.29, 0.717) is 6.42 Å². The van der Waals surface area contributed by atoms with Gasteiger partial charge in [0.05, 0.1) is 22.8 Å². The molecule has 0 fully saturated rings. The van der Waals surface area contributed by atoms with Gasteiger partial charge in [0, 0.05) is 17.1 Å². The van der Waals surface area contributed by atoms with Gasteiger partial charge in [0.1, 0.15) is 0 Å². The first-order valence-electron chi connectivity index (χ1n) is 8.24. The molecule has 1 N–H and O–H groups in total. The summed E-state index contributed by atoms with van der Waals surface area (Å²) in [6, 6.07) is 20.1. The molecule has 0 atom stereocenters. The molecule has 0 aliphatic rings. The fourth-order valence-electron chi connectivity index (χ4n) is 2.62. The fourth-order valence-corrected chi connectivity index (χ4v) is 3.50. The number of hydrogen-bond acceptors (Lipinski definition) is 3. The lowest BCUT2D eigenvalue weighted by molar-refractivity contribution is -0.115. The Bertz CT molecular complexity index is 844. The summed E-state index contributed by atoms with van der Waals surface area (Å²) in [5.74, 6) is 0.767. The Morgan fingerprint density at radius 2 is 1.68 bits per heavy atom. The summed E-state index contributed by atoms with van der Waals surface area (Å²) in [7, 11) is 0. The average Bonchev–Trinajstić information content (AvgIpc) is 2.91. The van der Waals surface area contributed by atoms with Gasteiger partial charge in [-0.1, -0.05) is 36.4 Å². The minimum absolute atomic E-state index is 0.0160.